The molecule has 3 fully saturated rings. The number of aliphatic hydroxyl groups is 1. The number of fused-ring (bicyclic) bond motifs is 4. The van der Waals surface area contributed by atoms with Gasteiger partial charge in [0.2, 0.25) is 11.8 Å². The molecule has 0 aromatic heterocycles. The molecule has 224 valence electrons. The number of alkyl halides is 3. The summed E-state index contributed by atoms with van der Waals surface area (Å²) >= 11 is 17.7. The van der Waals surface area contributed by atoms with E-state index in [2.05, 4.69) is 15.9 Å². The fourth-order valence-electron chi connectivity index (χ4n) is 7.08. The lowest BCUT2D eigenvalue weighted by Crippen LogP contribution is -2.60. The van der Waals surface area contributed by atoms with Gasteiger partial charge < -0.3 is 9.84 Å². The minimum Gasteiger partial charge on any atom is -0.491 e. The molecule has 43 heavy (non-hydrogen) atoms. The molecule has 0 spiro atoms. The molecule has 11 nitrogen and oxygen atoms in total. The second kappa shape index (κ2) is 10.7. The van der Waals surface area contributed by atoms with Gasteiger partial charge in [0.25, 0.3) is 17.5 Å². The highest BCUT2D eigenvalue weighted by atomic mass is 79.9. The van der Waals surface area contributed by atoms with Crippen LogP contribution in [-0.4, -0.2) is 67.0 Å². The minimum atomic E-state index is -1.99. The number of para-hydroxylation sites is 1. The van der Waals surface area contributed by atoms with E-state index in [1.807, 2.05) is 0 Å². The molecule has 1 N–H and O–H groups in total. The number of hydrogen-bond donors (Lipinski definition) is 1. The summed E-state index contributed by atoms with van der Waals surface area (Å²) in [5.41, 5.74) is 0.898. The van der Waals surface area contributed by atoms with Crippen molar-refractivity contribution in [2.75, 3.05) is 23.6 Å². The smallest absolute Gasteiger partial charge is 0.269 e. The largest absolute Gasteiger partial charge is 0.491 e. The number of nitro groups is 1. The van der Waals surface area contributed by atoms with Gasteiger partial charge in [-0.3, -0.25) is 39.1 Å². The third-order valence-electron chi connectivity index (χ3n) is 8.91. The molecule has 4 amide bonds. The molecule has 2 aliphatic heterocycles. The van der Waals surface area contributed by atoms with Crippen molar-refractivity contribution in [1.29, 1.82) is 0 Å². The van der Waals surface area contributed by atoms with Gasteiger partial charge in [-0.1, -0.05) is 45.8 Å². The molecule has 2 aromatic carbocycles. The molecule has 14 heteroatoms. The minimum absolute atomic E-state index is 0.0458. The number of carbonyl (C=O) groups is 4. The summed E-state index contributed by atoms with van der Waals surface area (Å²) in [7, 11) is 0. The maximum Gasteiger partial charge on any atom is 0.269 e. The van der Waals surface area contributed by atoms with Crippen molar-refractivity contribution in [3.8, 4) is 5.75 Å². The summed E-state index contributed by atoms with van der Waals surface area (Å²) < 4.78 is 5.81. The lowest BCUT2D eigenvalue weighted by Gasteiger charge is -2.51. The number of allylic oxidation sites excluding steroid dienone is 2. The normalized spacial score (nSPS) is 31.5. The van der Waals surface area contributed by atoms with Crippen LogP contribution in [0, 0.1) is 27.9 Å². The number of aliphatic hydroxyl groups excluding tert-OH is 1. The lowest BCUT2D eigenvalue weighted by atomic mass is 9.56. The third kappa shape index (κ3) is 4.10. The fraction of sp³-hybridized carbons (Fsp3) is 0.379. The van der Waals surface area contributed by atoms with E-state index in [-0.39, 0.29) is 42.9 Å². The van der Waals surface area contributed by atoms with Crippen molar-refractivity contribution in [2.24, 2.45) is 17.8 Å². The number of hydrogen-bond acceptors (Lipinski definition) is 8. The molecule has 0 radical (unpaired) electrons. The van der Waals surface area contributed by atoms with Gasteiger partial charge in [0, 0.05) is 23.6 Å². The Hall–Kier alpha value is -3.32. The molecule has 0 bridgehead atoms. The number of halogens is 3. The van der Waals surface area contributed by atoms with Crippen LogP contribution in [0.4, 0.5) is 11.4 Å². The van der Waals surface area contributed by atoms with Crippen LogP contribution in [-0.2, 0) is 19.2 Å². The predicted octanol–water partition coefficient (Wildman–Crippen LogP) is 3.88. The van der Waals surface area contributed by atoms with Gasteiger partial charge in [0.15, 0.2) is 9.75 Å². The Morgan fingerprint density at radius 3 is 2.37 bits per heavy atom. The number of amides is 4. The molecular formula is C29H24BrCl2N3O8. The highest BCUT2D eigenvalue weighted by molar-refractivity contribution is 9.09. The number of rotatable bonds is 7. The van der Waals surface area contributed by atoms with Crippen molar-refractivity contribution < 1.29 is 33.9 Å². The number of ether oxygens (including phenoxy) is 1. The Morgan fingerprint density at radius 1 is 1.02 bits per heavy atom. The van der Waals surface area contributed by atoms with E-state index in [1.54, 1.807) is 30.3 Å². The fourth-order valence-corrected chi connectivity index (χ4v) is 8.50. The summed E-state index contributed by atoms with van der Waals surface area (Å²) in [5.74, 6) is -5.55. The number of non-ortho nitro benzene ring substituents is 1. The number of nitro benzene ring substituents is 1. The second-order valence-corrected chi connectivity index (χ2v) is 12.6. The van der Waals surface area contributed by atoms with E-state index in [0.29, 0.717) is 16.9 Å². The van der Waals surface area contributed by atoms with Crippen LogP contribution in [0.25, 0.3) is 0 Å². The average Bonchev–Trinajstić information content (AvgIpc) is 3.34. The first-order chi connectivity index (χ1) is 20.5. The Balaban J connectivity index is 1.49. The van der Waals surface area contributed by atoms with Crippen LogP contribution in [0.1, 0.15) is 24.3 Å². The van der Waals surface area contributed by atoms with E-state index in [4.69, 9.17) is 27.9 Å². The predicted molar refractivity (Wildman–Crippen MR) is 158 cm³/mol. The molecule has 2 saturated heterocycles. The zero-order valence-electron chi connectivity index (χ0n) is 22.3. The van der Waals surface area contributed by atoms with Crippen LogP contribution >= 0.6 is 39.1 Å². The highest BCUT2D eigenvalue weighted by Gasteiger charge is 2.76. The number of nitrogens with zero attached hydrogens (tertiary/aromatic N) is 3. The summed E-state index contributed by atoms with van der Waals surface area (Å²) in [6, 6.07) is 11.9. The van der Waals surface area contributed by atoms with Crippen LogP contribution in [0.2, 0.25) is 0 Å². The summed E-state index contributed by atoms with van der Waals surface area (Å²) in [5, 5.41) is 20.6. The first kappa shape index (κ1) is 29.7. The molecule has 2 aromatic rings. The maximum atomic E-state index is 14.1. The monoisotopic (exact) mass is 691 g/mol. The zero-order chi connectivity index (χ0) is 30.8. The van der Waals surface area contributed by atoms with Crippen molar-refractivity contribution in [2.45, 2.75) is 28.5 Å². The molecule has 6 unspecified atom stereocenters. The quantitative estimate of drug-likeness (QED) is 0.115. The molecule has 4 aliphatic rings. The van der Waals surface area contributed by atoms with Crippen molar-refractivity contribution in [3.63, 3.8) is 0 Å². The van der Waals surface area contributed by atoms with Crippen molar-refractivity contribution >= 4 is 74.1 Å². The van der Waals surface area contributed by atoms with Gasteiger partial charge in [-0.25, -0.2) is 0 Å². The number of anilines is 1. The molecule has 2 heterocycles. The van der Waals surface area contributed by atoms with E-state index < -0.39 is 62.0 Å². The zero-order valence-corrected chi connectivity index (χ0v) is 25.4. The van der Waals surface area contributed by atoms with E-state index in [9.17, 15) is 34.4 Å². The van der Waals surface area contributed by atoms with Gasteiger partial charge in [-0.2, -0.15) is 0 Å². The summed E-state index contributed by atoms with van der Waals surface area (Å²) in [4.78, 5) is 64.0. The average molecular weight is 693 g/mol. The molecule has 6 rings (SSSR count). The van der Waals surface area contributed by atoms with Crippen LogP contribution in [0.5, 0.6) is 5.75 Å². The van der Waals surface area contributed by atoms with Gasteiger partial charge in [-0.15, -0.1) is 23.2 Å². The SMILES string of the molecule is O=C1C2CC=C3C(CC4(Cl)C(=O)N(CBr)C(=O)C4(Cl)C3c3ccccc3OCCO)C2C(=O)N1c1ccc([N+](=O)[O-])cc1. The van der Waals surface area contributed by atoms with Gasteiger partial charge >= 0.3 is 0 Å². The summed E-state index contributed by atoms with van der Waals surface area (Å²) in [6.45, 7) is -0.320. The first-order valence-corrected chi connectivity index (χ1v) is 15.3. The van der Waals surface area contributed by atoms with E-state index in [0.717, 1.165) is 9.80 Å². The van der Waals surface area contributed by atoms with Gasteiger partial charge in [0.05, 0.1) is 34.5 Å². The number of carbonyl (C=O) groups excluding carboxylic acids is 4. The number of benzene rings is 2. The topological polar surface area (TPSA) is 147 Å². The molecular weight excluding hydrogens is 669 g/mol. The van der Waals surface area contributed by atoms with Crippen LogP contribution < -0.4 is 9.64 Å². The standard InChI is InChI=1S/C29H24BrCl2N3O8/c30-14-33-26(39)28(31)13-20-17(23(29(28,32)27(33)40)18-3-1-2-4-21(18)43-12-11-36)9-10-19-22(20)25(38)34(24(19)37)15-5-7-16(8-6-15)35(41)42/h1-9,19-20,22-23,36H,10-14H2. The van der Waals surface area contributed by atoms with Crippen LogP contribution in [0.15, 0.2) is 60.2 Å². The molecule has 6 atom stereocenters. The van der Waals surface area contributed by atoms with Gasteiger partial charge in [-0.05, 0) is 37.0 Å². The van der Waals surface area contributed by atoms with Gasteiger partial charge in [0.1, 0.15) is 12.4 Å². The van der Waals surface area contributed by atoms with Crippen LogP contribution in [0.3, 0.4) is 0 Å². The first-order valence-electron chi connectivity index (χ1n) is 13.5. The maximum absolute atomic E-state index is 14.1. The Morgan fingerprint density at radius 2 is 1.72 bits per heavy atom. The lowest BCUT2D eigenvalue weighted by molar-refractivity contribution is -0.384. The highest BCUT2D eigenvalue weighted by Crippen LogP contribution is 2.66. The molecule has 1 saturated carbocycles. The second-order valence-electron chi connectivity index (χ2n) is 10.9. The number of imide groups is 2. The number of likely N-dealkylation sites (tertiary alicyclic amines) is 1. The summed E-state index contributed by atoms with van der Waals surface area (Å²) in [6.07, 6.45) is 1.79. The van der Waals surface area contributed by atoms with Crippen molar-refractivity contribution in [3.05, 3.63) is 75.9 Å². The Labute approximate surface area is 263 Å². The van der Waals surface area contributed by atoms with Crippen molar-refractivity contribution in [1.82, 2.24) is 4.90 Å². The molecule has 2 aliphatic carbocycles. The van der Waals surface area contributed by atoms with E-state index in [1.165, 1.54) is 24.3 Å². The Kier molecular flexibility index (Phi) is 7.39. The Bertz CT molecular complexity index is 1600. The van der Waals surface area contributed by atoms with E-state index >= 15 is 0 Å². The third-order valence-corrected chi connectivity index (χ3v) is 10.8.